The Hall–Kier alpha value is -3.14. The maximum Gasteiger partial charge on any atom is 0.251 e. The zero-order valence-corrected chi connectivity index (χ0v) is 22.6. The average Bonchev–Trinajstić information content (AvgIpc) is 2.88. The highest BCUT2D eigenvalue weighted by Gasteiger charge is 2.38. The van der Waals surface area contributed by atoms with Crippen LogP contribution in [-0.2, 0) is 14.4 Å². The number of rotatable bonds is 11. The molecular formula is C27H42N4O6. The van der Waals surface area contributed by atoms with Gasteiger partial charge in [0.2, 0.25) is 17.7 Å². The lowest BCUT2D eigenvalue weighted by Crippen LogP contribution is -2.58. The minimum absolute atomic E-state index is 0.0586. The van der Waals surface area contributed by atoms with E-state index in [4.69, 9.17) is 9.94 Å². The number of nitrogens with zero attached hydrogens (tertiary/aromatic N) is 1. The van der Waals surface area contributed by atoms with Crippen molar-refractivity contribution in [1.29, 1.82) is 0 Å². The van der Waals surface area contributed by atoms with Crippen molar-refractivity contribution in [2.75, 3.05) is 20.2 Å². The van der Waals surface area contributed by atoms with Crippen LogP contribution in [-0.4, -0.2) is 66.0 Å². The Bertz CT molecular complexity index is 920. The minimum atomic E-state index is -0.772. The smallest absolute Gasteiger partial charge is 0.251 e. The average molecular weight is 519 g/mol. The number of nitrogens with one attached hydrogen (secondary N) is 3. The zero-order chi connectivity index (χ0) is 27.6. The molecule has 10 heteroatoms. The third kappa shape index (κ3) is 9.03. The molecule has 0 saturated carbocycles. The summed E-state index contributed by atoms with van der Waals surface area (Å²) in [6.07, 6.45) is 3.16. The van der Waals surface area contributed by atoms with Crippen LogP contribution < -0.4 is 20.9 Å². The van der Waals surface area contributed by atoms with Crippen LogP contribution in [0.2, 0.25) is 0 Å². The molecule has 0 bridgehead atoms. The van der Waals surface area contributed by atoms with E-state index in [0.29, 0.717) is 43.7 Å². The molecule has 2 rings (SSSR count). The number of hydroxylamine groups is 1. The molecule has 1 aliphatic rings. The van der Waals surface area contributed by atoms with E-state index in [9.17, 15) is 19.2 Å². The first-order valence-corrected chi connectivity index (χ1v) is 13.0. The highest BCUT2D eigenvalue weighted by Crippen LogP contribution is 2.25. The summed E-state index contributed by atoms with van der Waals surface area (Å²) >= 11 is 0. The van der Waals surface area contributed by atoms with Gasteiger partial charge in [0.05, 0.1) is 7.11 Å². The summed E-state index contributed by atoms with van der Waals surface area (Å²) in [7, 11) is 1.57. The van der Waals surface area contributed by atoms with E-state index >= 15 is 0 Å². The van der Waals surface area contributed by atoms with E-state index in [1.165, 1.54) is 0 Å². The van der Waals surface area contributed by atoms with Crippen LogP contribution in [0, 0.1) is 11.3 Å². The van der Waals surface area contributed by atoms with Gasteiger partial charge in [0.25, 0.3) is 5.91 Å². The molecule has 1 aliphatic heterocycles. The van der Waals surface area contributed by atoms with Crippen molar-refractivity contribution in [2.45, 2.75) is 78.3 Å². The first-order chi connectivity index (χ1) is 17.5. The molecule has 0 aliphatic carbocycles. The number of hydrogen-bond acceptors (Lipinski definition) is 6. The number of ether oxygens (including phenoxy) is 1. The fraction of sp³-hybridized carbons (Fsp3) is 0.630. The van der Waals surface area contributed by atoms with E-state index in [-0.39, 0.29) is 30.2 Å². The molecule has 1 heterocycles. The number of methoxy groups -OCH3 is 1. The van der Waals surface area contributed by atoms with Crippen LogP contribution in [0.1, 0.15) is 76.6 Å². The summed E-state index contributed by atoms with van der Waals surface area (Å²) in [5.74, 6) is -1.31. The second kappa shape index (κ2) is 14.0. The molecule has 0 aromatic heterocycles. The number of carbonyl (C=O) groups excluding carboxylic acids is 4. The Kier molecular flexibility index (Phi) is 11.4. The lowest BCUT2D eigenvalue weighted by molar-refractivity contribution is -0.142. The van der Waals surface area contributed by atoms with Crippen molar-refractivity contribution in [3.8, 4) is 5.75 Å². The predicted molar refractivity (Wildman–Crippen MR) is 139 cm³/mol. The lowest BCUT2D eigenvalue weighted by atomic mass is 9.84. The summed E-state index contributed by atoms with van der Waals surface area (Å²) in [4.78, 5) is 52.7. The number of hydrogen-bond donors (Lipinski definition) is 4. The van der Waals surface area contributed by atoms with Gasteiger partial charge in [-0.3, -0.25) is 24.4 Å². The number of unbranched alkanes of at least 4 members (excludes halogenated alkanes) is 1. The topological polar surface area (TPSA) is 137 Å². The molecule has 4 N–H and O–H groups in total. The van der Waals surface area contributed by atoms with Gasteiger partial charge in [-0.2, -0.15) is 0 Å². The van der Waals surface area contributed by atoms with Gasteiger partial charge >= 0.3 is 0 Å². The largest absolute Gasteiger partial charge is 0.497 e. The Morgan fingerprint density at radius 3 is 2.24 bits per heavy atom. The first-order valence-electron chi connectivity index (χ1n) is 13.0. The fourth-order valence-electron chi connectivity index (χ4n) is 4.39. The fourth-order valence-corrected chi connectivity index (χ4v) is 4.39. The molecule has 10 nitrogen and oxygen atoms in total. The Morgan fingerprint density at radius 2 is 1.73 bits per heavy atom. The Morgan fingerprint density at radius 1 is 1.11 bits per heavy atom. The SMILES string of the molecule is CCCC[C@H](CC(=O)NO)C(=O)N[C@H](C(=O)N1CCC(NC(=O)c2ccc(OC)cc2)CC1)C(C)(C)C. The number of piperidine rings is 1. The number of carbonyl (C=O) groups is 4. The molecule has 1 saturated heterocycles. The zero-order valence-electron chi connectivity index (χ0n) is 22.6. The third-order valence-electron chi connectivity index (χ3n) is 6.73. The standard InChI is InChI=1S/C27H42N4O6/c1-6-7-8-19(17-22(32)30-36)25(34)29-23(27(2,3)4)26(35)31-15-13-20(14-16-31)28-24(33)18-9-11-21(37-5)12-10-18/h9-12,19-20,23,36H,6-8,13-17H2,1-5H3,(H,28,33)(H,29,34)(H,30,32)/t19-,23-/m1/s1. The van der Waals surface area contributed by atoms with Crippen molar-refractivity contribution in [3.63, 3.8) is 0 Å². The van der Waals surface area contributed by atoms with Crippen LogP contribution in [0.5, 0.6) is 5.75 Å². The van der Waals surface area contributed by atoms with Crippen LogP contribution in [0.3, 0.4) is 0 Å². The van der Waals surface area contributed by atoms with E-state index in [1.807, 2.05) is 27.7 Å². The quantitative estimate of drug-likeness (QED) is 0.263. The van der Waals surface area contributed by atoms with Crippen LogP contribution in [0.15, 0.2) is 24.3 Å². The van der Waals surface area contributed by atoms with Crippen molar-refractivity contribution in [1.82, 2.24) is 21.0 Å². The monoisotopic (exact) mass is 518 g/mol. The number of amides is 4. The van der Waals surface area contributed by atoms with Gasteiger partial charge in [-0.25, -0.2) is 5.48 Å². The van der Waals surface area contributed by atoms with Gasteiger partial charge < -0.3 is 20.3 Å². The summed E-state index contributed by atoms with van der Waals surface area (Å²) < 4.78 is 5.13. The van der Waals surface area contributed by atoms with Crippen molar-refractivity contribution in [3.05, 3.63) is 29.8 Å². The van der Waals surface area contributed by atoms with Crippen molar-refractivity contribution >= 4 is 23.6 Å². The molecule has 2 atom stereocenters. The highest BCUT2D eigenvalue weighted by atomic mass is 16.5. The van der Waals surface area contributed by atoms with Gasteiger partial charge in [-0.15, -0.1) is 0 Å². The normalized spacial score (nSPS) is 15.9. The van der Waals surface area contributed by atoms with Gasteiger partial charge in [0, 0.05) is 37.0 Å². The van der Waals surface area contributed by atoms with E-state index in [2.05, 4.69) is 10.6 Å². The van der Waals surface area contributed by atoms with E-state index in [0.717, 1.165) is 12.8 Å². The second-order valence-corrected chi connectivity index (χ2v) is 10.7. The lowest BCUT2D eigenvalue weighted by Gasteiger charge is -2.39. The number of benzene rings is 1. The highest BCUT2D eigenvalue weighted by molar-refractivity contribution is 5.94. The van der Waals surface area contributed by atoms with Crippen LogP contribution >= 0.6 is 0 Å². The Labute approximate surface area is 219 Å². The predicted octanol–water partition coefficient (Wildman–Crippen LogP) is 2.65. The van der Waals surface area contributed by atoms with Gasteiger partial charge in [0.15, 0.2) is 0 Å². The molecule has 1 fully saturated rings. The molecule has 0 spiro atoms. The molecular weight excluding hydrogens is 476 g/mol. The molecule has 1 aromatic rings. The van der Waals surface area contributed by atoms with E-state index < -0.39 is 23.3 Å². The Balaban J connectivity index is 1.99. The van der Waals surface area contributed by atoms with Crippen LogP contribution in [0.25, 0.3) is 0 Å². The molecule has 37 heavy (non-hydrogen) atoms. The molecule has 1 aromatic carbocycles. The minimum Gasteiger partial charge on any atom is -0.497 e. The molecule has 4 amide bonds. The van der Waals surface area contributed by atoms with Crippen molar-refractivity contribution in [2.24, 2.45) is 11.3 Å². The molecule has 0 unspecified atom stereocenters. The maximum absolute atomic E-state index is 13.5. The van der Waals surface area contributed by atoms with Crippen LogP contribution in [0.4, 0.5) is 0 Å². The molecule has 206 valence electrons. The maximum atomic E-state index is 13.5. The van der Waals surface area contributed by atoms with Crippen molar-refractivity contribution < 1.29 is 29.1 Å². The third-order valence-corrected chi connectivity index (χ3v) is 6.73. The summed E-state index contributed by atoms with van der Waals surface area (Å²) in [6.45, 7) is 8.57. The summed E-state index contributed by atoms with van der Waals surface area (Å²) in [5, 5.41) is 14.8. The van der Waals surface area contributed by atoms with Gasteiger partial charge in [0.1, 0.15) is 11.8 Å². The van der Waals surface area contributed by atoms with Gasteiger partial charge in [-0.05, 0) is 48.9 Å². The van der Waals surface area contributed by atoms with E-state index in [1.54, 1.807) is 41.8 Å². The first kappa shape index (κ1) is 30.1. The van der Waals surface area contributed by atoms with Gasteiger partial charge in [-0.1, -0.05) is 40.5 Å². The number of likely N-dealkylation sites (tertiary alicyclic amines) is 1. The second-order valence-electron chi connectivity index (χ2n) is 10.7. The summed E-state index contributed by atoms with van der Waals surface area (Å²) in [5.41, 5.74) is 1.58. The molecule has 0 radical (unpaired) electrons. The summed E-state index contributed by atoms with van der Waals surface area (Å²) in [6, 6.07) is 6.06.